The maximum Gasteiger partial charge on any atom is 0.293 e. The Bertz CT molecular complexity index is 1690. The van der Waals surface area contributed by atoms with Crippen LogP contribution < -0.4 is 5.56 Å². The van der Waals surface area contributed by atoms with Crippen molar-refractivity contribution < 1.29 is 0 Å². The van der Waals surface area contributed by atoms with Gasteiger partial charge in [-0.15, -0.1) is 0 Å². The molecule has 6 aromatic rings. The number of hydrogen-bond donors (Lipinski definition) is 0. The minimum absolute atomic E-state index is 0.232. The Balaban J connectivity index is 1.66. The molecule has 0 radical (unpaired) electrons. The van der Waals surface area contributed by atoms with Crippen LogP contribution >= 0.6 is 0 Å². The molecule has 0 unspecified atom stereocenters. The van der Waals surface area contributed by atoms with Crippen molar-refractivity contribution in [1.82, 2.24) is 29.4 Å². The first kappa shape index (κ1) is 20.0. The van der Waals surface area contributed by atoms with E-state index in [1.807, 2.05) is 85.8 Å². The highest BCUT2D eigenvalue weighted by Gasteiger charge is 2.19. The first-order valence-corrected chi connectivity index (χ1v) is 11.0. The lowest BCUT2D eigenvalue weighted by molar-refractivity contribution is 0.636. The zero-order valence-corrected chi connectivity index (χ0v) is 18.5. The molecule has 0 fully saturated rings. The van der Waals surface area contributed by atoms with Crippen LogP contribution in [0.15, 0.2) is 96.1 Å². The minimum Gasteiger partial charge on any atom is -0.265 e. The van der Waals surface area contributed by atoms with Gasteiger partial charge in [-0.3, -0.25) is 9.78 Å². The predicted octanol–water partition coefficient (Wildman–Crippen LogP) is 4.52. The van der Waals surface area contributed by atoms with Gasteiger partial charge < -0.3 is 0 Å². The van der Waals surface area contributed by atoms with Crippen molar-refractivity contribution in [2.75, 3.05) is 0 Å². The lowest BCUT2D eigenvalue weighted by Gasteiger charge is -2.12. The van der Waals surface area contributed by atoms with Crippen LogP contribution in [-0.4, -0.2) is 29.4 Å². The molecule has 6 rings (SSSR count). The van der Waals surface area contributed by atoms with E-state index in [0.717, 1.165) is 33.6 Å². The van der Waals surface area contributed by atoms with Gasteiger partial charge in [-0.1, -0.05) is 60.7 Å². The molecule has 4 heterocycles. The zero-order chi connectivity index (χ0) is 23.1. The number of rotatable bonds is 4. The first-order chi connectivity index (χ1) is 16.7. The second-order valence-corrected chi connectivity index (χ2v) is 8.12. The van der Waals surface area contributed by atoms with Crippen molar-refractivity contribution in [2.45, 2.75) is 13.5 Å². The van der Waals surface area contributed by atoms with Gasteiger partial charge >= 0.3 is 0 Å². The summed E-state index contributed by atoms with van der Waals surface area (Å²) < 4.78 is 3.29. The van der Waals surface area contributed by atoms with Gasteiger partial charge in [0.05, 0.1) is 28.8 Å². The number of aromatic nitrogens is 6. The van der Waals surface area contributed by atoms with Crippen LogP contribution in [0.3, 0.4) is 0 Å². The van der Waals surface area contributed by atoms with Gasteiger partial charge in [0.25, 0.3) is 5.56 Å². The summed E-state index contributed by atoms with van der Waals surface area (Å²) in [6.07, 6.45) is 3.42. The molecule has 0 aliphatic rings. The SMILES string of the molecule is Cc1nn(Cc2ccccc2)c(=O)c2nc(-c3ccncc3)n3nc(-c4ccccc4)cc3c12. The summed E-state index contributed by atoms with van der Waals surface area (Å²) in [5.41, 5.74) is 5.29. The molecule has 0 N–H and O–H groups in total. The van der Waals surface area contributed by atoms with E-state index >= 15 is 0 Å². The summed E-state index contributed by atoms with van der Waals surface area (Å²) in [5.74, 6) is 0.584. The van der Waals surface area contributed by atoms with Gasteiger partial charge in [0.2, 0.25) is 0 Å². The Morgan fingerprint density at radius 2 is 1.53 bits per heavy atom. The Morgan fingerprint density at radius 1 is 0.824 bits per heavy atom. The Labute approximate surface area is 195 Å². The van der Waals surface area contributed by atoms with Crippen molar-refractivity contribution in [3.05, 3.63) is 113 Å². The molecule has 2 aromatic carbocycles. The standard InChI is InChI=1S/C27H20N6O/c1-18-24-23-16-22(20-10-6-3-7-11-20)31-33(23)26(21-12-14-28-15-13-21)29-25(24)27(34)32(30-18)17-19-8-4-2-5-9-19/h2-16H,17H2,1H3. The number of benzene rings is 2. The summed E-state index contributed by atoms with van der Waals surface area (Å²) in [6.45, 7) is 2.29. The van der Waals surface area contributed by atoms with Gasteiger partial charge in [-0.2, -0.15) is 10.2 Å². The van der Waals surface area contributed by atoms with E-state index in [1.54, 1.807) is 16.9 Å². The molecule has 164 valence electrons. The molecule has 0 saturated carbocycles. The topological polar surface area (TPSA) is 78.0 Å². The van der Waals surface area contributed by atoms with Gasteiger partial charge in [0.1, 0.15) is 5.52 Å². The number of pyridine rings is 1. The third-order valence-corrected chi connectivity index (χ3v) is 5.87. The number of aryl methyl sites for hydroxylation is 1. The largest absolute Gasteiger partial charge is 0.293 e. The number of hydrogen-bond acceptors (Lipinski definition) is 5. The lowest BCUT2D eigenvalue weighted by Crippen LogP contribution is -2.26. The van der Waals surface area contributed by atoms with Crippen molar-refractivity contribution in [1.29, 1.82) is 0 Å². The Morgan fingerprint density at radius 3 is 2.26 bits per heavy atom. The smallest absolute Gasteiger partial charge is 0.265 e. The Hall–Kier alpha value is -4.65. The summed E-state index contributed by atoms with van der Waals surface area (Å²) in [7, 11) is 0. The van der Waals surface area contributed by atoms with Gasteiger partial charge in [-0.05, 0) is 30.7 Å². The lowest BCUT2D eigenvalue weighted by atomic mass is 10.1. The maximum absolute atomic E-state index is 13.6. The molecule has 7 nitrogen and oxygen atoms in total. The third-order valence-electron chi connectivity index (χ3n) is 5.87. The predicted molar refractivity (Wildman–Crippen MR) is 131 cm³/mol. The van der Waals surface area contributed by atoms with Crippen LogP contribution in [0.5, 0.6) is 0 Å². The fourth-order valence-electron chi connectivity index (χ4n) is 4.26. The molecular weight excluding hydrogens is 424 g/mol. The molecular formula is C27H20N6O. The van der Waals surface area contributed by atoms with E-state index in [9.17, 15) is 4.79 Å². The molecule has 0 amide bonds. The highest BCUT2D eigenvalue weighted by molar-refractivity contribution is 5.97. The Kier molecular flexibility index (Phi) is 4.73. The third kappa shape index (κ3) is 3.34. The second kappa shape index (κ2) is 8.04. The molecule has 0 aliphatic heterocycles. The van der Waals surface area contributed by atoms with Crippen LogP contribution in [0.2, 0.25) is 0 Å². The van der Waals surface area contributed by atoms with E-state index in [4.69, 9.17) is 10.1 Å². The van der Waals surface area contributed by atoms with Crippen LogP contribution in [-0.2, 0) is 6.54 Å². The molecule has 4 aromatic heterocycles. The average Bonchev–Trinajstić information content (AvgIpc) is 3.33. The minimum atomic E-state index is -0.232. The van der Waals surface area contributed by atoms with Crippen molar-refractivity contribution in [3.8, 4) is 22.6 Å². The van der Waals surface area contributed by atoms with Gasteiger partial charge in [0.15, 0.2) is 5.82 Å². The van der Waals surface area contributed by atoms with E-state index < -0.39 is 0 Å². The fraction of sp³-hybridized carbons (Fsp3) is 0.0741. The van der Waals surface area contributed by atoms with Gasteiger partial charge in [-0.25, -0.2) is 14.2 Å². The van der Waals surface area contributed by atoms with E-state index in [0.29, 0.717) is 23.3 Å². The average molecular weight is 444 g/mol. The molecule has 0 atom stereocenters. The van der Waals surface area contributed by atoms with E-state index in [2.05, 4.69) is 10.1 Å². The molecule has 0 saturated heterocycles. The van der Waals surface area contributed by atoms with Gasteiger partial charge in [0, 0.05) is 23.5 Å². The summed E-state index contributed by atoms with van der Waals surface area (Å²) in [5, 5.41) is 10.2. The second-order valence-electron chi connectivity index (χ2n) is 8.12. The van der Waals surface area contributed by atoms with Crippen LogP contribution in [0.1, 0.15) is 11.3 Å². The van der Waals surface area contributed by atoms with Crippen molar-refractivity contribution in [2.24, 2.45) is 0 Å². The zero-order valence-electron chi connectivity index (χ0n) is 18.5. The first-order valence-electron chi connectivity index (χ1n) is 11.0. The summed E-state index contributed by atoms with van der Waals surface area (Å²) >= 11 is 0. The quantitative estimate of drug-likeness (QED) is 0.399. The van der Waals surface area contributed by atoms with Crippen molar-refractivity contribution >= 4 is 16.4 Å². The number of nitrogens with zero attached hydrogens (tertiary/aromatic N) is 6. The van der Waals surface area contributed by atoms with Crippen molar-refractivity contribution in [3.63, 3.8) is 0 Å². The molecule has 34 heavy (non-hydrogen) atoms. The highest BCUT2D eigenvalue weighted by atomic mass is 16.1. The van der Waals surface area contributed by atoms with Crippen LogP contribution in [0.25, 0.3) is 39.1 Å². The fourth-order valence-corrected chi connectivity index (χ4v) is 4.26. The number of fused-ring (bicyclic) bond motifs is 3. The van der Waals surface area contributed by atoms with Crippen LogP contribution in [0, 0.1) is 6.92 Å². The van der Waals surface area contributed by atoms with E-state index in [-0.39, 0.29) is 5.56 Å². The highest BCUT2D eigenvalue weighted by Crippen LogP contribution is 2.29. The molecule has 0 spiro atoms. The summed E-state index contributed by atoms with van der Waals surface area (Å²) in [4.78, 5) is 22.6. The monoisotopic (exact) mass is 444 g/mol. The molecule has 0 aliphatic carbocycles. The molecule has 0 bridgehead atoms. The van der Waals surface area contributed by atoms with Crippen LogP contribution in [0.4, 0.5) is 0 Å². The van der Waals surface area contributed by atoms with E-state index in [1.165, 1.54) is 4.68 Å². The summed E-state index contributed by atoms with van der Waals surface area (Å²) in [6, 6.07) is 25.5. The molecule has 7 heteroatoms. The maximum atomic E-state index is 13.6. The normalized spacial score (nSPS) is 11.3.